The van der Waals surface area contributed by atoms with Crippen LogP contribution in [0.15, 0.2) is 4.90 Å². The van der Waals surface area contributed by atoms with E-state index in [1.165, 1.54) is 6.42 Å². The number of nitrogens with zero attached hydrogens (tertiary/aromatic N) is 3. The summed E-state index contributed by atoms with van der Waals surface area (Å²) < 4.78 is 12.3. The molecule has 2 unspecified atom stereocenters. The fourth-order valence-corrected chi connectivity index (χ4v) is 5.66. The van der Waals surface area contributed by atoms with Crippen molar-refractivity contribution in [3.05, 3.63) is 11.0 Å². The second-order valence-electron chi connectivity index (χ2n) is 6.17. The van der Waals surface area contributed by atoms with Gasteiger partial charge in [0, 0.05) is 36.8 Å². The molecule has 114 valence electrons. The maximum absolute atomic E-state index is 12.3. The van der Waals surface area contributed by atoms with Crippen molar-refractivity contribution < 1.29 is 9.32 Å². The third kappa shape index (κ3) is 1.88. The molecule has 1 aromatic heterocycles. The first-order valence-electron chi connectivity index (χ1n) is 7.49. The highest BCUT2D eigenvalue weighted by Gasteiger charge is 2.53. The van der Waals surface area contributed by atoms with Crippen LogP contribution in [0.4, 0.5) is 5.82 Å². The van der Waals surface area contributed by atoms with Gasteiger partial charge in [0.15, 0.2) is 5.82 Å². The topological polar surface area (TPSA) is 66.3 Å². The van der Waals surface area contributed by atoms with Crippen LogP contribution in [0, 0.1) is 5.92 Å². The lowest BCUT2D eigenvalue weighted by Gasteiger charge is -2.49. The van der Waals surface area contributed by atoms with Crippen LogP contribution < -0.4 is 4.90 Å². The Morgan fingerprint density at radius 2 is 2.24 bits per heavy atom. The SMILES string of the molecule is O=S1CCc2nc(Cl)nc(N3CCC(CO)C34CCC4)c21. The molecule has 1 aliphatic carbocycles. The molecule has 0 radical (unpaired) electrons. The van der Waals surface area contributed by atoms with Crippen LogP contribution in [0.5, 0.6) is 0 Å². The molecule has 1 N–H and O–H groups in total. The molecule has 0 aromatic carbocycles. The zero-order valence-corrected chi connectivity index (χ0v) is 13.3. The molecule has 3 heterocycles. The summed E-state index contributed by atoms with van der Waals surface area (Å²) in [6.45, 7) is 1.06. The molecule has 21 heavy (non-hydrogen) atoms. The summed E-state index contributed by atoms with van der Waals surface area (Å²) in [7, 11) is -1.03. The van der Waals surface area contributed by atoms with Crippen LogP contribution in [0.25, 0.3) is 0 Å². The van der Waals surface area contributed by atoms with E-state index >= 15 is 0 Å². The second-order valence-corrected chi connectivity index (χ2v) is 8.01. The van der Waals surface area contributed by atoms with Crippen LogP contribution in [-0.2, 0) is 17.2 Å². The number of hydrogen-bond donors (Lipinski definition) is 1. The number of hydrogen-bond acceptors (Lipinski definition) is 5. The summed E-state index contributed by atoms with van der Waals surface area (Å²) >= 11 is 6.08. The molecule has 2 atom stereocenters. The number of aliphatic hydroxyl groups is 1. The summed E-state index contributed by atoms with van der Waals surface area (Å²) in [6, 6.07) is 0. The van der Waals surface area contributed by atoms with Gasteiger partial charge in [-0.15, -0.1) is 0 Å². The molecule has 0 bridgehead atoms. The van der Waals surface area contributed by atoms with Crippen molar-refractivity contribution in [2.24, 2.45) is 5.92 Å². The number of halogens is 1. The van der Waals surface area contributed by atoms with E-state index in [9.17, 15) is 9.32 Å². The Hall–Kier alpha value is -0.720. The van der Waals surface area contributed by atoms with Gasteiger partial charge in [0.1, 0.15) is 4.90 Å². The average Bonchev–Trinajstić information content (AvgIpc) is 2.98. The monoisotopic (exact) mass is 327 g/mol. The molecular weight excluding hydrogens is 310 g/mol. The average molecular weight is 328 g/mol. The summed E-state index contributed by atoms with van der Waals surface area (Å²) in [4.78, 5) is 11.7. The van der Waals surface area contributed by atoms with Crippen LogP contribution in [0.1, 0.15) is 31.4 Å². The minimum atomic E-state index is -1.03. The maximum atomic E-state index is 12.3. The first-order chi connectivity index (χ1) is 10.2. The van der Waals surface area contributed by atoms with Crippen molar-refractivity contribution in [2.45, 2.75) is 42.5 Å². The van der Waals surface area contributed by atoms with E-state index in [1.807, 2.05) is 0 Å². The van der Waals surface area contributed by atoms with Crippen LogP contribution in [0.3, 0.4) is 0 Å². The summed E-state index contributed by atoms with van der Waals surface area (Å²) in [5.74, 6) is 1.66. The molecule has 1 saturated carbocycles. The number of aliphatic hydroxyl groups excluding tert-OH is 1. The fourth-order valence-electron chi connectivity index (χ4n) is 4.12. The molecule has 1 aromatic rings. The highest BCUT2D eigenvalue weighted by molar-refractivity contribution is 7.85. The van der Waals surface area contributed by atoms with Crippen molar-refractivity contribution in [3.63, 3.8) is 0 Å². The minimum absolute atomic E-state index is 0.00695. The van der Waals surface area contributed by atoms with Crippen molar-refractivity contribution in [1.29, 1.82) is 0 Å². The number of anilines is 1. The van der Waals surface area contributed by atoms with Crippen LogP contribution >= 0.6 is 11.6 Å². The number of fused-ring (bicyclic) bond motifs is 1. The fraction of sp³-hybridized carbons (Fsp3) is 0.714. The molecule has 5 nitrogen and oxygen atoms in total. The van der Waals surface area contributed by atoms with E-state index in [4.69, 9.17) is 11.6 Å². The van der Waals surface area contributed by atoms with Gasteiger partial charge in [-0.3, -0.25) is 4.21 Å². The summed E-state index contributed by atoms with van der Waals surface area (Å²) in [5.41, 5.74) is 0.831. The van der Waals surface area contributed by atoms with Gasteiger partial charge in [-0.2, -0.15) is 4.98 Å². The molecule has 1 spiro atoms. The van der Waals surface area contributed by atoms with Gasteiger partial charge in [-0.25, -0.2) is 4.98 Å². The molecule has 7 heteroatoms. The van der Waals surface area contributed by atoms with E-state index in [0.29, 0.717) is 12.2 Å². The van der Waals surface area contributed by atoms with Gasteiger partial charge >= 0.3 is 0 Å². The first kappa shape index (κ1) is 13.9. The van der Waals surface area contributed by atoms with Crippen molar-refractivity contribution >= 4 is 28.2 Å². The molecule has 0 amide bonds. The van der Waals surface area contributed by atoms with Crippen LogP contribution in [-0.4, -0.2) is 43.7 Å². The Morgan fingerprint density at radius 3 is 2.90 bits per heavy atom. The van der Waals surface area contributed by atoms with Crippen molar-refractivity contribution in [1.82, 2.24) is 9.97 Å². The van der Waals surface area contributed by atoms with Gasteiger partial charge in [0.25, 0.3) is 0 Å². The lowest BCUT2D eigenvalue weighted by molar-refractivity contribution is 0.114. The Balaban J connectivity index is 1.82. The van der Waals surface area contributed by atoms with E-state index in [2.05, 4.69) is 14.9 Å². The summed E-state index contributed by atoms with van der Waals surface area (Å²) in [6.07, 6.45) is 4.99. The Bertz CT molecular complexity index is 620. The number of aromatic nitrogens is 2. The Labute approximate surface area is 131 Å². The van der Waals surface area contributed by atoms with Crippen LogP contribution in [0.2, 0.25) is 5.28 Å². The lowest BCUT2D eigenvalue weighted by atomic mass is 9.69. The number of aryl methyl sites for hydroxylation is 1. The zero-order valence-electron chi connectivity index (χ0n) is 11.7. The first-order valence-corrected chi connectivity index (χ1v) is 9.19. The predicted molar refractivity (Wildman–Crippen MR) is 81.1 cm³/mol. The lowest BCUT2D eigenvalue weighted by Crippen LogP contribution is -2.55. The summed E-state index contributed by atoms with van der Waals surface area (Å²) in [5, 5.41) is 9.93. The maximum Gasteiger partial charge on any atom is 0.224 e. The largest absolute Gasteiger partial charge is 0.396 e. The van der Waals surface area contributed by atoms with Crippen molar-refractivity contribution in [2.75, 3.05) is 23.8 Å². The molecule has 1 saturated heterocycles. The van der Waals surface area contributed by atoms with Gasteiger partial charge in [0.05, 0.1) is 16.5 Å². The molecule has 3 aliphatic rings. The molecule has 2 fully saturated rings. The normalized spacial score (nSPS) is 29.7. The van der Waals surface area contributed by atoms with Gasteiger partial charge in [0.2, 0.25) is 5.28 Å². The highest BCUT2D eigenvalue weighted by Crippen LogP contribution is 2.51. The van der Waals surface area contributed by atoms with E-state index in [0.717, 1.165) is 42.2 Å². The molecular formula is C14H18ClN3O2S. The predicted octanol–water partition coefficient (Wildman–Crippen LogP) is 1.54. The number of rotatable bonds is 2. The second kappa shape index (κ2) is 4.89. The highest BCUT2D eigenvalue weighted by atomic mass is 35.5. The zero-order chi connectivity index (χ0) is 14.6. The Morgan fingerprint density at radius 1 is 1.43 bits per heavy atom. The van der Waals surface area contributed by atoms with Gasteiger partial charge in [-0.1, -0.05) is 0 Å². The van der Waals surface area contributed by atoms with E-state index < -0.39 is 10.8 Å². The minimum Gasteiger partial charge on any atom is -0.396 e. The Kier molecular flexibility index (Phi) is 3.24. The standard InChI is InChI=1S/C14H18ClN3O2S/c15-13-16-10-3-7-21(20)11(10)12(17-13)18-6-2-9(8-19)14(18)4-1-5-14/h9,19H,1-8H2. The van der Waals surface area contributed by atoms with E-state index in [-0.39, 0.29) is 23.3 Å². The quantitative estimate of drug-likeness (QED) is 0.835. The molecule has 4 rings (SSSR count). The third-order valence-electron chi connectivity index (χ3n) is 5.34. The van der Waals surface area contributed by atoms with Gasteiger partial charge in [-0.05, 0) is 37.3 Å². The third-order valence-corrected chi connectivity index (χ3v) is 6.95. The van der Waals surface area contributed by atoms with Crippen molar-refractivity contribution in [3.8, 4) is 0 Å². The molecule has 2 aliphatic heterocycles. The van der Waals surface area contributed by atoms with E-state index in [1.54, 1.807) is 0 Å². The van der Waals surface area contributed by atoms with Gasteiger partial charge < -0.3 is 10.0 Å². The smallest absolute Gasteiger partial charge is 0.224 e.